The van der Waals surface area contributed by atoms with E-state index in [2.05, 4.69) is 18.5 Å². The van der Waals surface area contributed by atoms with Crippen molar-refractivity contribution in [2.45, 2.75) is 71.3 Å². The first kappa shape index (κ1) is 19.7. The van der Waals surface area contributed by atoms with E-state index in [1.807, 2.05) is 0 Å². The summed E-state index contributed by atoms with van der Waals surface area (Å²) < 4.78 is 5.54. The molecule has 1 aromatic rings. The van der Waals surface area contributed by atoms with E-state index < -0.39 is 6.10 Å². The normalized spacial score (nSPS) is 12.0. The average Bonchev–Trinajstić information content (AvgIpc) is 2.53. The molecule has 0 bridgehead atoms. The molecule has 1 unspecified atom stereocenters. The molecular weight excluding hydrogens is 310 g/mol. The van der Waals surface area contributed by atoms with E-state index in [1.54, 1.807) is 25.3 Å². The lowest BCUT2D eigenvalue weighted by atomic mass is 10.0. The molecule has 0 aromatic carbocycles. The highest BCUT2D eigenvalue weighted by Gasteiger charge is 2.20. The lowest BCUT2D eigenvalue weighted by molar-refractivity contribution is -0.145. The van der Waals surface area contributed by atoms with E-state index in [9.17, 15) is 4.79 Å². The molecule has 1 heterocycles. The van der Waals surface area contributed by atoms with Crippen LogP contribution in [0.15, 0.2) is 30.5 Å². The van der Waals surface area contributed by atoms with Crippen molar-refractivity contribution in [2.24, 2.45) is 0 Å². The first-order valence-corrected chi connectivity index (χ1v) is 8.91. The van der Waals surface area contributed by atoms with Crippen LogP contribution >= 0.6 is 11.6 Å². The predicted molar refractivity (Wildman–Crippen MR) is 95.5 cm³/mol. The van der Waals surface area contributed by atoms with Gasteiger partial charge in [-0.2, -0.15) is 0 Å². The lowest BCUT2D eigenvalue weighted by Gasteiger charge is -2.18. The standard InChI is InChI=1S/C19H28ClNO2/c1-4-5-6-7-8-9-10-13-17(23-19(22)15(2)3)18-16(20)12-11-14-21-18/h11-12,14,17H,2,4-10,13H2,1,3H3. The van der Waals surface area contributed by atoms with Gasteiger partial charge in [-0.3, -0.25) is 4.98 Å². The van der Waals surface area contributed by atoms with Crippen molar-refractivity contribution in [3.63, 3.8) is 0 Å². The topological polar surface area (TPSA) is 39.2 Å². The molecular formula is C19H28ClNO2. The average molecular weight is 338 g/mol. The van der Waals surface area contributed by atoms with Crippen LogP contribution in [0.1, 0.15) is 77.0 Å². The number of esters is 1. The Kier molecular flexibility index (Phi) is 9.61. The van der Waals surface area contributed by atoms with E-state index >= 15 is 0 Å². The molecule has 4 heteroatoms. The second-order valence-corrected chi connectivity index (χ2v) is 6.36. The molecule has 128 valence electrons. The Morgan fingerprint density at radius 2 is 1.91 bits per heavy atom. The summed E-state index contributed by atoms with van der Waals surface area (Å²) >= 11 is 6.20. The third-order valence-electron chi connectivity index (χ3n) is 3.76. The number of unbranched alkanes of at least 4 members (excludes halogenated alkanes) is 6. The van der Waals surface area contributed by atoms with Gasteiger partial charge in [0.05, 0.1) is 10.7 Å². The van der Waals surface area contributed by atoms with Crippen LogP contribution in [0.25, 0.3) is 0 Å². The molecule has 23 heavy (non-hydrogen) atoms. The zero-order chi connectivity index (χ0) is 17.1. The number of hydrogen-bond acceptors (Lipinski definition) is 3. The Morgan fingerprint density at radius 1 is 1.26 bits per heavy atom. The summed E-state index contributed by atoms with van der Waals surface area (Å²) in [6.45, 7) is 7.50. The highest BCUT2D eigenvalue weighted by Crippen LogP contribution is 2.28. The van der Waals surface area contributed by atoms with Gasteiger partial charge in [0.1, 0.15) is 6.10 Å². The van der Waals surface area contributed by atoms with Gasteiger partial charge in [-0.25, -0.2) is 4.79 Å². The zero-order valence-corrected chi connectivity index (χ0v) is 15.1. The second kappa shape index (κ2) is 11.2. The largest absolute Gasteiger partial charge is 0.452 e. The Bertz CT molecular complexity index is 502. The molecule has 0 fully saturated rings. The second-order valence-electron chi connectivity index (χ2n) is 5.95. The highest BCUT2D eigenvalue weighted by atomic mass is 35.5. The van der Waals surface area contributed by atoms with Crippen molar-refractivity contribution in [3.05, 3.63) is 41.2 Å². The monoisotopic (exact) mass is 337 g/mol. The summed E-state index contributed by atoms with van der Waals surface area (Å²) in [5.41, 5.74) is 1.02. The lowest BCUT2D eigenvalue weighted by Crippen LogP contribution is -2.13. The first-order valence-electron chi connectivity index (χ1n) is 8.53. The summed E-state index contributed by atoms with van der Waals surface area (Å²) in [4.78, 5) is 16.1. The third kappa shape index (κ3) is 7.65. The minimum absolute atomic E-state index is 0.389. The molecule has 0 N–H and O–H groups in total. The molecule has 1 atom stereocenters. The van der Waals surface area contributed by atoms with Crippen LogP contribution in [0.5, 0.6) is 0 Å². The Labute approximate surface area is 145 Å². The summed E-state index contributed by atoms with van der Waals surface area (Å²) in [7, 11) is 0. The zero-order valence-electron chi connectivity index (χ0n) is 14.3. The fraction of sp³-hybridized carbons (Fsp3) is 0.579. The van der Waals surface area contributed by atoms with Gasteiger partial charge in [0, 0.05) is 11.8 Å². The van der Waals surface area contributed by atoms with E-state index in [-0.39, 0.29) is 5.97 Å². The van der Waals surface area contributed by atoms with Crippen molar-refractivity contribution in [3.8, 4) is 0 Å². The quantitative estimate of drug-likeness (QED) is 0.281. The minimum atomic E-state index is -0.399. The number of ether oxygens (including phenoxy) is 1. The van der Waals surface area contributed by atoms with Crippen LogP contribution in [0.3, 0.4) is 0 Å². The Hall–Kier alpha value is -1.35. The number of carbonyl (C=O) groups excluding carboxylic acids is 1. The summed E-state index contributed by atoms with van der Waals surface area (Å²) in [5, 5.41) is 0.537. The first-order chi connectivity index (χ1) is 11.1. The van der Waals surface area contributed by atoms with Crippen molar-refractivity contribution in [1.29, 1.82) is 0 Å². The van der Waals surface area contributed by atoms with E-state index in [1.165, 1.54) is 32.1 Å². The highest BCUT2D eigenvalue weighted by molar-refractivity contribution is 6.31. The van der Waals surface area contributed by atoms with Gasteiger partial charge in [-0.15, -0.1) is 0 Å². The number of halogens is 1. The van der Waals surface area contributed by atoms with Gasteiger partial charge in [-0.05, 0) is 31.9 Å². The van der Waals surface area contributed by atoms with Gasteiger partial charge in [0.25, 0.3) is 0 Å². The van der Waals surface area contributed by atoms with Crippen LogP contribution in [0, 0.1) is 0 Å². The van der Waals surface area contributed by atoms with Crippen LogP contribution in [-0.4, -0.2) is 11.0 Å². The number of rotatable bonds is 11. The van der Waals surface area contributed by atoms with Crippen molar-refractivity contribution in [1.82, 2.24) is 4.98 Å². The van der Waals surface area contributed by atoms with Crippen LogP contribution in [0.2, 0.25) is 5.02 Å². The Morgan fingerprint density at radius 3 is 2.52 bits per heavy atom. The number of hydrogen-bond donors (Lipinski definition) is 0. The molecule has 0 saturated heterocycles. The summed E-state index contributed by atoms with van der Waals surface area (Å²) in [6, 6.07) is 3.55. The molecule has 1 aromatic heterocycles. The number of pyridine rings is 1. The van der Waals surface area contributed by atoms with Crippen LogP contribution < -0.4 is 0 Å². The Balaban J connectivity index is 2.54. The van der Waals surface area contributed by atoms with E-state index in [4.69, 9.17) is 16.3 Å². The third-order valence-corrected chi connectivity index (χ3v) is 4.08. The fourth-order valence-electron chi connectivity index (χ4n) is 2.40. The summed E-state index contributed by atoms with van der Waals surface area (Å²) in [6.07, 6.45) is 10.5. The number of aromatic nitrogens is 1. The van der Waals surface area contributed by atoms with E-state index in [0.29, 0.717) is 16.3 Å². The summed E-state index contributed by atoms with van der Waals surface area (Å²) in [5.74, 6) is -0.389. The van der Waals surface area contributed by atoms with Gasteiger partial charge < -0.3 is 4.74 Å². The molecule has 0 aliphatic carbocycles. The maximum absolute atomic E-state index is 11.9. The smallest absolute Gasteiger partial charge is 0.333 e. The maximum atomic E-state index is 11.9. The van der Waals surface area contributed by atoms with Crippen LogP contribution in [0.4, 0.5) is 0 Å². The van der Waals surface area contributed by atoms with Gasteiger partial charge >= 0.3 is 5.97 Å². The molecule has 0 aliphatic heterocycles. The minimum Gasteiger partial charge on any atom is -0.452 e. The van der Waals surface area contributed by atoms with Crippen LogP contribution in [-0.2, 0) is 9.53 Å². The van der Waals surface area contributed by atoms with Gasteiger partial charge in [0.15, 0.2) is 0 Å². The molecule has 0 saturated carbocycles. The van der Waals surface area contributed by atoms with Gasteiger partial charge in [-0.1, -0.05) is 63.6 Å². The number of nitrogens with zero attached hydrogens (tertiary/aromatic N) is 1. The van der Waals surface area contributed by atoms with Crippen molar-refractivity contribution < 1.29 is 9.53 Å². The van der Waals surface area contributed by atoms with Gasteiger partial charge in [0.2, 0.25) is 0 Å². The molecule has 1 rings (SSSR count). The molecule has 0 aliphatic rings. The molecule has 0 radical (unpaired) electrons. The number of carbonyl (C=O) groups is 1. The molecule has 0 amide bonds. The SMILES string of the molecule is C=C(C)C(=O)OC(CCCCCCCCC)c1ncccc1Cl. The molecule has 0 spiro atoms. The van der Waals surface area contributed by atoms with E-state index in [0.717, 1.165) is 19.3 Å². The van der Waals surface area contributed by atoms with Crippen molar-refractivity contribution >= 4 is 17.6 Å². The predicted octanol–water partition coefficient (Wildman–Crippen LogP) is 6.04. The van der Waals surface area contributed by atoms with Crippen molar-refractivity contribution in [2.75, 3.05) is 0 Å². The maximum Gasteiger partial charge on any atom is 0.333 e. The molecule has 3 nitrogen and oxygen atoms in total. The fourth-order valence-corrected chi connectivity index (χ4v) is 2.65.